The molecule has 1 aliphatic rings. The summed E-state index contributed by atoms with van der Waals surface area (Å²) in [5.41, 5.74) is 0. The Labute approximate surface area is 44.4 Å². The molecule has 1 nitrogen and oxygen atoms in total. The van der Waals surface area contributed by atoms with Gasteiger partial charge in [0.2, 0.25) is 0 Å². The summed E-state index contributed by atoms with van der Waals surface area (Å²) in [4.78, 5) is 0. The fraction of sp³-hybridized carbons (Fsp3) is 0.200. The van der Waals surface area contributed by atoms with Crippen molar-refractivity contribution in [3.63, 3.8) is 0 Å². The van der Waals surface area contributed by atoms with Gasteiger partial charge >= 0.3 is 0 Å². The molecule has 2 heteroatoms. The Hall–Kier alpha value is -0.290. The predicted octanol–water partition coefficient (Wildman–Crippen LogP) is 2.00. The predicted molar refractivity (Wildman–Crippen MR) is 34.3 cm³/mol. The van der Waals surface area contributed by atoms with E-state index < -0.39 is 0 Å². The summed E-state index contributed by atoms with van der Waals surface area (Å²) in [6, 6.07) is 0. The second-order valence-corrected chi connectivity index (χ2v) is 2.55. The maximum Gasteiger partial charge on any atom is -0.00809 e. The van der Waals surface area contributed by atoms with Gasteiger partial charge in [-0.25, -0.2) is 0 Å². The van der Waals surface area contributed by atoms with Crippen LogP contribution in [0.1, 0.15) is 6.42 Å². The van der Waals surface area contributed by atoms with Crippen LogP contribution in [0.3, 0.4) is 0 Å². The molecule has 1 unspecified atom stereocenters. The van der Waals surface area contributed by atoms with E-state index in [-0.39, 0.29) is 8.37 Å². The van der Waals surface area contributed by atoms with Crippen molar-refractivity contribution in [2.45, 2.75) is 6.42 Å². The first-order valence-electron chi connectivity index (χ1n) is 2.29. The van der Waals surface area contributed by atoms with Crippen molar-refractivity contribution in [1.82, 2.24) is 0 Å². The molecule has 0 saturated heterocycles. The molecule has 0 amide bonds. The van der Waals surface area contributed by atoms with E-state index in [9.17, 15) is 0 Å². The topological polar surface area (TPSA) is 23.9 Å². The first kappa shape index (κ1) is 4.86. The van der Waals surface area contributed by atoms with Crippen molar-refractivity contribution >= 4 is 8.37 Å². The average Bonchev–Trinajstić information content (AvgIpc) is 2.14. The van der Waals surface area contributed by atoms with E-state index in [4.69, 9.17) is 5.16 Å². The van der Waals surface area contributed by atoms with E-state index in [2.05, 4.69) is 6.08 Å². The third kappa shape index (κ3) is 1.04. The smallest absolute Gasteiger partial charge is 0.00809 e. The molecule has 0 aromatic carbocycles. The van der Waals surface area contributed by atoms with Gasteiger partial charge in [-0.3, -0.25) is 0 Å². The van der Waals surface area contributed by atoms with Gasteiger partial charge in [0.1, 0.15) is 0 Å². The van der Waals surface area contributed by atoms with Crippen LogP contribution in [-0.4, -0.2) is 0 Å². The van der Waals surface area contributed by atoms with Crippen LogP contribution in [0.2, 0.25) is 0 Å². The minimum atomic E-state index is -0.150. The highest BCUT2D eigenvalue weighted by atomic mass is 31.1. The van der Waals surface area contributed by atoms with E-state index in [1.807, 2.05) is 12.2 Å². The molecule has 1 rings (SSSR count). The van der Waals surface area contributed by atoms with Crippen LogP contribution < -0.4 is 0 Å². The Morgan fingerprint density at radius 3 is 2.86 bits per heavy atom. The van der Waals surface area contributed by atoms with Crippen molar-refractivity contribution in [3.05, 3.63) is 23.5 Å². The maximum atomic E-state index is 6.97. The van der Waals surface area contributed by atoms with Crippen LogP contribution in [-0.2, 0) is 0 Å². The van der Waals surface area contributed by atoms with Crippen molar-refractivity contribution in [2.24, 2.45) is 0 Å². The van der Waals surface area contributed by atoms with E-state index in [0.29, 0.717) is 0 Å². The second-order valence-electron chi connectivity index (χ2n) is 1.52. The summed E-state index contributed by atoms with van der Waals surface area (Å²) in [5.74, 6) is 0. The fourth-order valence-electron chi connectivity index (χ4n) is 0.571. The molecular weight excluding hydrogens is 105 g/mol. The lowest BCUT2D eigenvalue weighted by Crippen LogP contribution is -1.54. The molecule has 1 N–H and O–H groups in total. The highest BCUT2D eigenvalue weighted by Gasteiger charge is 1.89. The third-order valence-electron chi connectivity index (χ3n) is 0.985. The van der Waals surface area contributed by atoms with Crippen molar-refractivity contribution in [2.75, 3.05) is 0 Å². The van der Waals surface area contributed by atoms with Gasteiger partial charge in [0, 0.05) is 0 Å². The molecule has 7 heavy (non-hydrogen) atoms. The van der Waals surface area contributed by atoms with Crippen LogP contribution in [0, 0.1) is 5.16 Å². The first-order chi connectivity index (χ1) is 3.43. The van der Waals surface area contributed by atoms with Gasteiger partial charge in [-0.2, -0.15) is 0 Å². The van der Waals surface area contributed by atoms with Gasteiger partial charge in [0.05, 0.1) is 0 Å². The van der Waals surface area contributed by atoms with Crippen molar-refractivity contribution in [1.29, 1.82) is 5.16 Å². The van der Waals surface area contributed by atoms with Crippen LogP contribution in [0.5, 0.6) is 0 Å². The van der Waals surface area contributed by atoms with E-state index in [1.54, 1.807) is 0 Å². The lowest BCUT2D eigenvalue weighted by atomic mass is 10.5. The van der Waals surface area contributed by atoms with Crippen LogP contribution in [0.25, 0.3) is 0 Å². The number of hydrogen-bond donors (Lipinski definition) is 1. The van der Waals surface area contributed by atoms with E-state index in [1.165, 1.54) is 5.31 Å². The highest BCUT2D eigenvalue weighted by Crippen LogP contribution is 2.20. The molecule has 0 aliphatic heterocycles. The summed E-state index contributed by atoms with van der Waals surface area (Å²) in [7, 11) is -0.150. The largest absolute Gasteiger partial charge is 0.320 e. The maximum absolute atomic E-state index is 6.97. The molecule has 0 fully saturated rings. The summed E-state index contributed by atoms with van der Waals surface area (Å²) in [6.07, 6.45) is 7.20. The number of nitrogens with one attached hydrogen (secondary N) is 1. The monoisotopic (exact) mass is 113 g/mol. The number of rotatable bonds is 1. The molecule has 0 spiro atoms. The summed E-state index contributed by atoms with van der Waals surface area (Å²) >= 11 is 0. The summed E-state index contributed by atoms with van der Waals surface area (Å²) in [6.45, 7) is 0. The molecule has 0 aromatic rings. The lowest BCUT2D eigenvalue weighted by molar-refractivity contribution is 1.40. The van der Waals surface area contributed by atoms with Crippen LogP contribution in [0.4, 0.5) is 0 Å². The molecule has 38 valence electrons. The number of hydrogen-bond acceptors (Lipinski definition) is 1. The van der Waals surface area contributed by atoms with E-state index >= 15 is 0 Å². The number of allylic oxidation sites excluding steroid dienone is 4. The van der Waals surface area contributed by atoms with Crippen LogP contribution in [0.15, 0.2) is 23.5 Å². The van der Waals surface area contributed by atoms with Crippen LogP contribution >= 0.6 is 8.37 Å². The molecule has 1 atom stereocenters. The summed E-state index contributed by atoms with van der Waals surface area (Å²) < 4.78 is 0. The summed E-state index contributed by atoms with van der Waals surface area (Å²) in [5, 5.41) is 8.28. The Balaban J connectivity index is 2.61. The zero-order valence-corrected chi connectivity index (χ0v) is 5.17. The zero-order chi connectivity index (χ0) is 5.11. The molecule has 0 saturated carbocycles. The third-order valence-corrected chi connectivity index (χ3v) is 1.78. The Kier molecular flexibility index (Phi) is 1.48. The molecular formula is C5H8NP. The minimum absolute atomic E-state index is 0.150. The minimum Gasteiger partial charge on any atom is -0.320 e. The molecule has 0 bridgehead atoms. The standard InChI is InChI=1S/C5H8NP/c6-7-5-3-1-2-4-5/h1-3,6H,4,7H2. The quantitative estimate of drug-likeness (QED) is 0.503. The van der Waals surface area contributed by atoms with Gasteiger partial charge in [-0.15, -0.1) is 0 Å². The molecule has 1 aliphatic carbocycles. The lowest BCUT2D eigenvalue weighted by Gasteiger charge is -1.82. The van der Waals surface area contributed by atoms with Crippen molar-refractivity contribution < 1.29 is 0 Å². The Bertz CT molecular complexity index is 135. The van der Waals surface area contributed by atoms with Gasteiger partial charge in [-0.1, -0.05) is 18.2 Å². The van der Waals surface area contributed by atoms with Crippen molar-refractivity contribution in [3.8, 4) is 0 Å². The van der Waals surface area contributed by atoms with Gasteiger partial charge in [-0.05, 0) is 20.1 Å². The van der Waals surface area contributed by atoms with E-state index in [0.717, 1.165) is 6.42 Å². The Morgan fingerprint density at radius 2 is 2.57 bits per heavy atom. The fourth-order valence-corrected chi connectivity index (χ4v) is 1.03. The first-order valence-corrected chi connectivity index (χ1v) is 3.45. The van der Waals surface area contributed by atoms with Gasteiger partial charge in [0.25, 0.3) is 0 Å². The van der Waals surface area contributed by atoms with Gasteiger partial charge < -0.3 is 5.16 Å². The second kappa shape index (κ2) is 2.13. The normalized spacial score (nSPS) is 19.1. The van der Waals surface area contributed by atoms with Gasteiger partial charge in [0.15, 0.2) is 0 Å². The molecule has 0 radical (unpaired) electrons. The Morgan fingerprint density at radius 1 is 1.71 bits per heavy atom. The molecule has 0 heterocycles. The average molecular weight is 113 g/mol. The molecule has 0 aromatic heterocycles. The highest BCUT2D eigenvalue weighted by molar-refractivity contribution is 7.30. The SMILES string of the molecule is N=[PH2]C1=CC=CC1. The zero-order valence-electron chi connectivity index (χ0n) is 4.02.